The summed E-state index contributed by atoms with van der Waals surface area (Å²) in [6, 6.07) is 4.80. The monoisotopic (exact) mass is 274 g/mol. The van der Waals surface area contributed by atoms with Gasteiger partial charge in [0.15, 0.2) is 12.1 Å². The summed E-state index contributed by atoms with van der Waals surface area (Å²) in [5, 5.41) is 0.884. The first-order valence-corrected chi connectivity index (χ1v) is 5.41. The molecular weight excluding hydrogens is 270 g/mol. The van der Waals surface area contributed by atoms with E-state index in [4.69, 9.17) is 34.8 Å². The smallest absolute Gasteiger partial charge is 0.166 e. The van der Waals surface area contributed by atoms with Crippen molar-refractivity contribution in [1.82, 2.24) is 9.55 Å². The lowest BCUT2D eigenvalue weighted by atomic mass is 10.4. The third-order valence-corrected chi connectivity index (χ3v) is 3.05. The largest absolute Gasteiger partial charge is 0.296 e. The maximum Gasteiger partial charge on any atom is 0.166 e. The summed E-state index contributed by atoms with van der Waals surface area (Å²) < 4.78 is 1.40. The van der Waals surface area contributed by atoms with Crippen molar-refractivity contribution in [2.24, 2.45) is 0 Å². The standard InChI is InChI=1S/C10H5Cl3N2O/c11-7-2-1-3-14-10(7)15-6(5-16)4-8(12)9(15)13/h1-5H. The molecule has 0 atom stereocenters. The second-order valence-corrected chi connectivity index (χ2v) is 4.14. The summed E-state index contributed by atoms with van der Waals surface area (Å²) in [6.07, 6.45) is 2.20. The third-order valence-electron chi connectivity index (χ3n) is 2.00. The van der Waals surface area contributed by atoms with Crippen LogP contribution in [-0.2, 0) is 0 Å². The van der Waals surface area contributed by atoms with Crippen LogP contribution in [-0.4, -0.2) is 15.8 Å². The SMILES string of the molecule is O=Cc1cc(Cl)c(Cl)n1-c1ncccc1Cl. The van der Waals surface area contributed by atoms with Crippen LogP contribution in [0.4, 0.5) is 0 Å². The summed E-state index contributed by atoms with van der Waals surface area (Å²) in [6.45, 7) is 0. The number of pyridine rings is 1. The molecule has 0 N–H and O–H groups in total. The van der Waals surface area contributed by atoms with Crippen LogP contribution in [0.3, 0.4) is 0 Å². The van der Waals surface area contributed by atoms with E-state index in [9.17, 15) is 4.79 Å². The summed E-state index contributed by atoms with van der Waals surface area (Å²) in [5.41, 5.74) is 0.301. The van der Waals surface area contributed by atoms with Crippen molar-refractivity contribution >= 4 is 41.1 Å². The molecule has 0 fully saturated rings. The highest BCUT2D eigenvalue weighted by atomic mass is 35.5. The van der Waals surface area contributed by atoms with E-state index in [2.05, 4.69) is 4.98 Å². The maximum atomic E-state index is 10.9. The van der Waals surface area contributed by atoms with Crippen molar-refractivity contribution in [1.29, 1.82) is 0 Å². The Hall–Kier alpha value is -1.03. The highest BCUT2D eigenvalue weighted by Crippen LogP contribution is 2.30. The van der Waals surface area contributed by atoms with Gasteiger partial charge in [-0.05, 0) is 18.2 Å². The lowest BCUT2D eigenvalue weighted by Crippen LogP contribution is -2.02. The summed E-state index contributed by atoms with van der Waals surface area (Å²) in [7, 11) is 0. The van der Waals surface area contributed by atoms with Crippen molar-refractivity contribution < 1.29 is 4.79 Å². The molecule has 3 nitrogen and oxygen atoms in total. The zero-order valence-corrected chi connectivity index (χ0v) is 10.1. The second-order valence-electron chi connectivity index (χ2n) is 2.97. The van der Waals surface area contributed by atoms with E-state index in [1.807, 2.05) is 0 Å². The molecule has 0 aliphatic heterocycles. The van der Waals surface area contributed by atoms with Crippen molar-refractivity contribution in [2.45, 2.75) is 0 Å². The number of aldehydes is 1. The Morgan fingerprint density at radius 2 is 2.00 bits per heavy atom. The quantitative estimate of drug-likeness (QED) is 0.784. The van der Waals surface area contributed by atoms with Gasteiger partial charge >= 0.3 is 0 Å². The molecule has 0 spiro atoms. The normalized spacial score (nSPS) is 10.4. The van der Waals surface area contributed by atoms with Crippen molar-refractivity contribution in [3.8, 4) is 5.82 Å². The number of nitrogens with zero attached hydrogens (tertiary/aromatic N) is 2. The van der Waals surface area contributed by atoms with Gasteiger partial charge in [0.1, 0.15) is 5.15 Å². The molecule has 0 saturated carbocycles. The van der Waals surface area contributed by atoms with Gasteiger partial charge in [-0.25, -0.2) is 4.98 Å². The number of carbonyl (C=O) groups excluding carboxylic acids is 1. The van der Waals surface area contributed by atoms with E-state index in [1.54, 1.807) is 18.3 Å². The average Bonchev–Trinajstić information content (AvgIpc) is 2.56. The third kappa shape index (κ3) is 1.82. The second kappa shape index (κ2) is 4.45. The van der Waals surface area contributed by atoms with Gasteiger partial charge in [-0.15, -0.1) is 0 Å². The Bertz CT molecular complexity index is 551. The number of rotatable bonds is 2. The number of hydrogen-bond donors (Lipinski definition) is 0. The van der Waals surface area contributed by atoms with E-state index < -0.39 is 0 Å². The minimum atomic E-state index is 0.212. The molecule has 0 unspecified atom stereocenters. The molecule has 0 aliphatic carbocycles. The molecule has 0 amide bonds. The number of halogens is 3. The van der Waals surface area contributed by atoms with Gasteiger partial charge in [0.25, 0.3) is 0 Å². The Morgan fingerprint density at radius 1 is 1.25 bits per heavy atom. The molecule has 16 heavy (non-hydrogen) atoms. The first kappa shape index (κ1) is 11.5. The summed E-state index contributed by atoms with van der Waals surface area (Å²) in [4.78, 5) is 14.9. The fourth-order valence-electron chi connectivity index (χ4n) is 1.32. The van der Waals surface area contributed by atoms with Crippen molar-refractivity contribution in [3.63, 3.8) is 0 Å². The highest BCUT2D eigenvalue weighted by molar-refractivity contribution is 6.42. The Morgan fingerprint density at radius 3 is 2.62 bits per heavy atom. The van der Waals surface area contributed by atoms with Crippen LogP contribution in [0.5, 0.6) is 0 Å². The van der Waals surface area contributed by atoms with Gasteiger partial charge in [0.2, 0.25) is 0 Å². The van der Waals surface area contributed by atoms with Gasteiger partial charge in [-0.2, -0.15) is 0 Å². The van der Waals surface area contributed by atoms with Crippen LogP contribution >= 0.6 is 34.8 Å². The molecule has 2 aromatic heterocycles. The molecule has 0 saturated heterocycles. The zero-order chi connectivity index (χ0) is 11.7. The molecular formula is C10H5Cl3N2O. The molecule has 0 radical (unpaired) electrons. The molecule has 82 valence electrons. The molecule has 2 rings (SSSR count). The maximum absolute atomic E-state index is 10.9. The van der Waals surface area contributed by atoms with Gasteiger partial charge in [-0.1, -0.05) is 34.8 Å². The minimum absolute atomic E-state index is 0.212. The molecule has 0 aromatic carbocycles. The fraction of sp³-hybridized carbons (Fsp3) is 0. The van der Waals surface area contributed by atoms with Crippen LogP contribution in [0.15, 0.2) is 24.4 Å². The predicted octanol–water partition coefficient (Wildman–Crippen LogP) is 3.65. The van der Waals surface area contributed by atoms with E-state index in [0.29, 0.717) is 22.8 Å². The van der Waals surface area contributed by atoms with Crippen LogP contribution < -0.4 is 0 Å². The van der Waals surface area contributed by atoms with E-state index in [1.165, 1.54) is 10.6 Å². The predicted molar refractivity (Wildman–Crippen MR) is 64.0 cm³/mol. The molecule has 0 aliphatic rings. The highest BCUT2D eigenvalue weighted by Gasteiger charge is 2.15. The van der Waals surface area contributed by atoms with E-state index >= 15 is 0 Å². The number of aromatic nitrogens is 2. The Balaban J connectivity index is 2.73. The molecule has 0 bridgehead atoms. The fourth-order valence-corrected chi connectivity index (χ4v) is 1.95. The van der Waals surface area contributed by atoms with Gasteiger partial charge in [0, 0.05) is 6.20 Å². The van der Waals surface area contributed by atoms with E-state index in [0.717, 1.165) is 0 Å². The Labute approximate surface area is 107 Å². The van der Waals surface area contributed by atoms with Gasteiger partial charge in [-0.3, -0.25) is 9.36 Å². The van der Waals surface area contributed by atoms with Crippen LogP contribution in [0.1, 0.15) is 10.5 Å². The number of hydrogen-bond acceptors (Lipinski definition) is 2. The number of carbonyl (C=O) groups is 1. The first-order chi connectivity index (χ1) is 7.65. The van der Waals surface area contributed by atoms with E-state index in [-0.39, 0.29) is 10.2 Å². The summed E-state index contributed by atoms with van der Waals surface area (Å²) in [5.74, 6) is 0.378. The topological polar surface area (TPSA) is 34.9 Å². The summed E-state index contributed by atoms with van der Waals surface area (Å²) >= 11 is 17.8. The minimum Gasteiger partial charge on any atom is -0.296 e. The Kier molecular flexibility index (Phi) is 3.19. The lowest BCUT2D eigenvalue weighted by molar-refractivity contribution is 0.111. The van der Waals surface area contributed by atoms with Crippen molar-refractivity contribution in [2.75, 3.05) is 0 Å². The van der Waals surface area contributed by atoms with Crippen LogP contribution in [0.2, 0.25) is 15.2 Å². The first-order valence-electron chi connectivity index (χ1n) is 4.28. The van der Waals surface area contributed by atoms with Crippen LogP contribution in [0, 0.1) is 0 Å². The molecule has 2 heterocycles. The van der Waals surface area contributed by atoms with Crippen LogP contribution in [0.25, 0.3) is 5.82 Å². The van der Waals surface area contributed by atoms with Crippen molar-refractivity contribution in [3.05, 3.63) is 45.3 Å². The van der Waals surface area contributed by atoms with Gasteiger partial charge in [0.05, 0.1) is 15.7 Å². The molecule has 6 heteroatoms. The molecule has 2 aromatic rings. The average molecular weight is 276 g/mol. The van der Waals surface area contributed by atoms with Gasteiger partial charge < -0.3 is 0 Å². The zero-order valence-electron chi connectivity index (χ0n) is 7.82. The lowest BCUT2D eigenvalue weighted by Gasteiger charge is -2.07.